The van der Waals surface area contributed by atoms with Gasteiger partial charge in [-0.25, -0.2) is 4.79 Å². The van der Waals surface area contributed by atoms with Gasteiger partial charge in [-0.2, -0.15) is 0 Å². The monoisotopic (exact) mass is 352 g/mol. The molecule has 1 N–H and O–H groups in total. The van der Waals surface area contributed by atoms with Gasteiger partial charge in [0.05, 0.1) is 0 Å². The van der Waals surface area contributed by atoms with Crippen molar-refractivity contribution in [2.45, 2.75) is 65.0 Å². The largest absolute Gasteiger partial charge is 0.444 e. The molecule has 1 unspecified atom stereocenters. The number of carbonyl (C=O) groups is 1. The van der Waals surface area contributed by atoms with Crippen molar-refractivity contribution in [3.05, 3.63) is 22.4 Å². The van der Waals surface area contributed by atoms with Crippen LogP contribution in [0.2, 0.25) is 0 Å². The number of ether oxygens (including phenoxy) is 1. The number of hydrogen-bond acceptors (Lipinski definition) is 4. The van der Waals surface area contributed by atoms with Gasteiger partial charge in [0.15, 0.2) is 0 Å². The maximum atomic E-state index is 12.2. The van der Waals surface area contributed by atoms with Crippen LogP contribution in [0.3, 0.4) is 0 Å². The fourth-order valence-electron chi connectivity index (χ4n) is 3.32. The molecular weight excluding hydrogens is 320 g/mol. The molecule has 1 amide bonds. The molecule has 1 aromatic heterocycles. The summed E-state index contributed by atoms with van der Waals surface area (Å²) in [7, 11) is 0. The maximum Gasteiger partial charge on any atom is 0.410 e. The van der Waals surface area contributed by atoms with Gasteiger partial charge in [0.1, 0.15) is 5.60 Å². The molecule has 1 heterocycles. The van der Waals surface area contributed by atoms with Gasteiger partial charge in [0.2, 0.25) is 0 Å². The molecule has 4 nitrogen and oxygen atoms in total. The highest BCUT2D eigenvalue weighted by Crippen LogP contribution is 2.37. The summed E-state index contributed by atoms with van der Waals surface area (Å²) in [6, 6.07) is 4.78. The third-order valence-corrected chi connectivity index (χ3v) is 5.46. The van der Waals surface area contributed by atoms with Crippen molar-refractivity contribution in [1.82, 2.24) is 10.2 Å². The van der Waals surface area contributed by atoms with Crippen LogP contribution in [0.1, 0.15) is 64.3 Å². The molecule has 1 saturated carbocycles. The summed E-state index contributed by atoms with van der Waals surface area (Å²) in [6.07, 6.45) is 5.07. The number of amides is 1. The molecule has 1 aliphatic rings. The molecule has 1 fully saturated rings. The summed E-state index contributed by atoms with van der Waals surface area (Å²) >= 11 is 1.83. The zero-order valence-corrected chi connectivity index (χ0v) is 16.3. The Balaban J connectivity index is 1.88. The first kappa shape index (κ1) is 19.3. The van der Waals surface area contributed by atoms with Crippen LogP contribution in [0.4, 0.5) is 4.79 Å². The Morgan fingerprint density at radius 1 is 1.42 bits per heavy atom. The molecule has 0 aromatic carbocycles. The van der Waals surface area contributed by atoms with Crippen LogP contribution in [0.5, 0.6) is 0 Å². The maximum absolute atomic E-state index is 12.2. The average molecular weight is 353 g/mol. The second-order valence-electron chi connectivity index (χ2n) is 7.55. The Bertz CT molecular complexity index is 490. The number of hydrogen-bond donors (Lipinski definition) is 1. The van der Waals surface area contributed by atoms with Gasteiger partial charge in [0.25, 0.3) is 0 Å². The van der Waals surface area contributed by atoms with Crippen LogP contribution in [0.25, 0.3) is 0 Å². The van der Waals surface area contributed by atoms with Crippen LogP contribution in [-0.4, -0.2) is 36.2 Å². The SMILES string of the molecule is CCN(CCNC(c1cccs1)C1CCCC1)C(=O)OC(C)(C)C. The molecule has 2 rings (SSSR count). The lowest BCUT2D eigenvalue weighted by Crippen LogP contribution is -2.41. The lowest BCUT2D eigenvalue weighted by Gasteiger charge is -2.28. The average Bonchev–Trinajstić information content (AvgIpc) is 3.19. The summed E-state index contributed by atoms with van der Waals surface area (Å²) < 4.78 is 5.48. The molecule has 0 spiro atoms. The molecular formula is C19H32N2O2S. The van der Waals surface area contributed by atoms with E-state index in [0.29, 0.717) is 19.1 Å². The normalized spacial score (nSPS) is 17.0. The van der Waals surface area contributed by atoms with Crippen molar-refractivity contribution in [1.29, 1.82) is 0 Å². The molecule has 0 saturated heterocycles. The number of rotatable bonds is 7. The highest BCUT2D eigenvalue weighted by Gasteiger charge is 2.27. The van der Waals surface area contributed by atoms with E-state index in [9.17, 15) is 4.79 Å². The minimum absolute atomic E-state index is 0.222. The van der Waals surface area contributed by atoms with Crippen LogP contribution < -0.4 is 5.32 Å². The minimum atomic E-state index is -0.443. The van der Waals surface area contributed by atoms with E-state index in [1.54, 1.807) is 4.90 Å². The zero-order valence-electron chi connectivity index (χ0n) is 15.5. The van der Waals surface area contributed by atoms with Crippen LogP contribution in [0, 0.1) is 5.92 Å². The Morgan fingerprint density at radius 3 is 2.67 bits per heavy atom. The number of thiophene rings is 1. The highest BCUT2D eigenvalue weighted by atomic mass is 32.1. The molecule has 136 valence electrons. The fraction of sp³-hybridized carbons (Fsp3) is 0.737. The summed E-state index contributed by atoms with van der Waals surface area (Å²) in [6.45, 7) is 9.87. The number of nitrogens with zero attached hydrogens (tertiary/aromatic N) is 1. The third kappa shape index (κ3) is 5.78. The molecule has 0 radical (unpaired) electrons. The van der Waals surface area contributed by atoms with E-state index in [1.807, 2.05) is 39.0 Å². The van der Waals surface area contributed by atoms with E-state index < -0.39 is 5.60 Å². The molecule has 0 bridgehead atoms. The van der Waals surface area contributed by atoms with E-state index in [1.165, 1.54) is 30.6 Å². The van der Waals surface area contributed by atoms with Gasteiger partial charge in [-0.15, -0.1) is 11.3 Å². The van der Waals surface area contributed by atoms with Crippen molar-refractivity contribution >= 4 is 17.4 Å². The van der Waals surface area contributed by atoms with E-state index in [2.05, 4.69) is 22.8 Å². The van der Waals surface area contributed by atoms with Crippen LogP contribution in [0.15, 0.2) is 17.5 Å². The first-order valence-corrected chi connectivity index (χ1v) is 10.0. The third-order valence-electron chi connectivity index (χ3n) is 4.50. The zero-order chi connectivity index (χ0) is 17.6. The smallest absolute Gasteiger partial charge is 0.410 e. The predicted octanol–water partition coefficient (Wildman–Crippen LogP) is 4.83. The van der Waals surface area contributed by atoms with E-state index in [-0.39, 0.29) is 6.09 Å². The Hall–Kier alpha value is -1.07. The van der Waals surface area contributed by atoms with Crippen molar-refractivity contribution in [2.75, 3.05) is 19.6 Å². The number of carbonyl (C=O) groups excluding carboxylic acids is 1. The lowest BCUT2D eigenvalue weighted by atomic mass is 9.97. The van der Waals surface area contributed by atoms with Crippen LogP contribution in [-0.2, 0) is 4.74 Å². The van der Waals surface area contributed by atoms with Crippen molar-refractivity contribution in [3.8, 4) is 0 Å². The van der Waals surface area contributed by atoms with E-state index in [4.69, 9.17) is 4.74 Å². The highest BCUT2D eigenvalue weighted by molar-refractivity contribution is 7.10. The summed E-state index contributed by atoms with van der Waals surface area (Å²) in [5.41, 5.74) is -0.443. The van der Waals surface area contributed by atoms with Gasteiger partial charge in [0, 0.05) is 30.6 Å². The van der Waals surface area contributed by atoms with Crippen molar-refractivity contribution in [3.63, 3.8) is 0 Å². The standard InChI is InChI=1S/C19H32N2O2S/c1-5-21(18(22)23-19(2,3)4)13-12-20-17(15-9-6-7-10-15)16-11-8-14-24-16/h8,11,14-15,17,20H,5-7,9-10,12-13H2,1-4H3. The van der Waals surface area contributed by atoms with Gasteiger partial charge >= 0.3 is 6.09 Å². The number of likely N-dealkylation sites (N-methyl/N-ethyl adjacent to an activating group) is 1. The minimum Gasteiger partial charge on any atom is -0.444 e. The summed E-state index contributed by atoms with van der Waals surface area (Å²) in [5.74, 6) is 0.722. The van der Waals surface area contributed by atoms with E-state index in [0.717, 1.165) is 12.5 Å². The van der Waals surface area contributed by atoms with Gasteiger partial charge in [-0.3, -0.25) is 0 Å². The molecule has 1 atom stereocenters. The first-order chi connectivity index (χ1) is 11.4. The Kier molecular flexibility index (Phi) is 7.11. The summed E-state index contributed by atoms with van der Waals surface area (Å²) in [5, 5.41) is 5.86. The van der Waals surface area contributed by atoms with Crippen molar-refractivity contribution < 1.29 is 9.53 Å². The second-order valence-corrected chi connectivity index (χ2v) is 8.53. The Morgan fingerprint density at radius 2 is 2.12 bits per heavy atom. The molecule has 24 heavy (non-hydrogen) atoms. The lowest BCUT2D eigenvalue weighted by molar-refractivity contribution is 0.0260. The Labute approximate surface area is 150 Å². The molecule has 5 heteroatoms. The predicted molar refractivity (Wildman–Crippen MR) is 101 cm³/mol. The fourth-order valence-corrected chi connectivity index (χ4v) is 4.21. The molecule has 1 aliphatic carbocycles. The van der Waals surface area contributed by atoms with Gasteiger partial charge in [-0.1, -0.05) is 18.9 Å². The van der Waals surface area contributed by atoms with Gasteiger partial charge < -0.3 is 15.0 Å². The second kappa shape index (κ2) is 8.86. The molecule has 1 aromatic rings. The van der Waals surface area contributed by atoms with Gasteiger partial charge in [-0.05, 0) is 57.9 Å². The first-order valence-electron chi connectivity index (χ1n) is 9.15. The van der Waals surface area contributed by atoms with E-state index >= 15 is 0 Å². The topological polar surface area (TPSA) is 41.6 Å². The molecule has 0 aliphatic heterocycles. The number of nitrogens with one attached hydrogen (secondary N) is 1. The quantitative estimate of drug-likeness (QED) is 0.764. The van der Waals surface area contributed by atoms with Crippen LogP contribution >= 0.6 is 11.3 Å². The summed E-state index contributed by atoms with van der Waals surface area (Å²) in [4.78, 5) is 15.4. The van der Waals surface area contributed by atoms with Crippen molar-refractivity contribution in [2.24, 2.45) is 5.92 Å².